The highest BCUT2D eigenvalue weighted by atomic mass is 32.1. The molecule has 19 heavy (non-hydrogen) atoms. The van der Waals surface area contributed by atoms with E-state index in [0.717, 1.165) is 11.4 Å². The molecule has 1 aromatic carbocycles. The number of amides is 1. The van der Waals surface area contributed by atoms with Crippen molar-refractivity contribution in [1.82, 2.24) is 10.4 Å². The fourth-order valence-electron chi connectivity index (χ4n) is 1.49. The van der Waals surface area contributed by atoms with Crippen LogP contribution in [-0.2, 0) is 11.2 Å². The second-order valence-electron chi connectivity index (χ2n) is 3.75. The molecule has 0 spiro atoms. The van der Waals surface area contributed by atoms with Crippen LogP contribution in [0.1, 0.15) is 5.69 Å². The number of nitrogens with two attached hydrogens (primary N) is 1. The van der Waals surface area contributed by atoms with Crippen molar-refractivity contribution in [3.8, 4) is 5.75 Å². The van der Waals surface area contributed by atoms with Crippen LogP contribution in [0.15, 0.2) is 29.6 Å². The third kappa shape index (κ3) is 3.67. The van der Waals surface area contributed by atoms with Gasteiger partial charge in [-0.1, -0.05) is 6.07 Å². The maximum Gasteiger partial charge on any atom is 0.239 e. The van der Waals surface area contributed by atoms with Crippen LogP contribution >= 0.6 is 11.3 Å². The van der Waals surface area contributed by atoms with Crippen molar-refractivity contribution < 1.29 is 9.53 Å². The number of methoxy groups -OCH3 is 1. The average molecular weight is 278 g/mol. The number of carbonyl (C=O) groups is 1. The summed E-state index contributed by atoms with van der Waals surface area (Å²) in [5.74, 6) is 5.53. The predicted molar refractivity (Wildman–Crippen MR) is 74.4 cm³/mol. The van der Waals surface area contributed by atoms with Crippen LogP contribution in [0.4, 0.5) is 10.8 Å². The van der Waals surface area contributed by atoms with E-state index in [2.05, 4.69) is 15.7 Å². The molecule has 0 aliphatic rings. The maximum atomic E-state index is 11.1. The first-order valence-electron chi connectivity index (χ1n) is 5.56. The molecular formula is C12H14N4O2S. The van der Waals surface area contributed by atoms with Gasteiger partial charge in [0, 0.05) is 17.1 Å². The van der Waals surface area contributed by atoms with Crippen molar-refractivity contribution in [3.63, 3.8) is 0 Å². The van der Waals surface area contributed by atoms with Crippen molar-refractivity contribution in [1.29, 1.82) is 0 Å². The minimum atomic E-state index is -0.266. The van der Waals surface area contributed by atoms with Gasteiger partial charge in [-0.25, -0.2) is 10.8 Å². The van der Waals surface area contributed by atoms with Crippen molar-refractivity contribution in [2.75, 3.05) is 12.4 Å². The lowest BCUT2D eigenvalue weighted by Gasteiger charge is -2.04. The number of carbonyl (C=O) groups excluding carboxylic acids is 1. The third-order valence-electron chi connectivity index (χ3n) is 2.38. The molecule has 0 radical (unpaired) electrons. The molecule has 0 aliphatic heterocycles. The van der Waals surface area contributed by atoms with E-state index in [1.54, 1.807) is 7.11 Å². The number of anilines is 2. The topological polar surface area (TPSA) is 89.3 Å². The van der Waals surface area contributed by atoms with Crippen molar-refractivity contribution >= 4 is 28.1 Å². The van der Waals surface area contributed by atoms with Gasteiger partial charge < -0.3 is 10.1 Å². The number of hydrogen-bond donors (Lipinski definition) is 3. The molecule has 0 atom stereocenters. The molecular weight excluding hydrogens is 264 g/mol. The summed E-state index contributed by atoms with van der Waals surface area (Å²) in [6.07, 6.45) is 0.173. The summed E-state index contributed by atoms with van der Waals surface area (Å²) < 4.78 is 5.14. The highest BCUT2D eigenvalue weighted by molar-refractivity contribution is 7.13. The van der Waals surface area contributed by atoms with Crippen LogP contribution in [0.25, 0.3) is 0 Å². The Balaban J connectivity index is 2.04. The zero-order valence-electron chi connectivity index (χ0n) is 10.3. The number of hydrazine groups is 1. The molecule has 4 N–H and O–H groups in total. The van der Waals surface area contributed by atoms with E-state index in [-0.39, 0.29) is 12.3 Å². The number of thiazole rings is 1. The number of benzene rings is 1. The minimum absolute atomic E-state index is 0.173. The molecule has 2 rings (SSSR count). The lowest BCUT2D eigenvalue weighted by molar-refractivity contribution is -0.120. The number of hydrogen-bond acceptors (Lipinski definition) is 6. The van der Waals surface area contributed by atoms with Gasteiger partial charge in [-0.2, -0.15) is 0 Å². The Hall–Kier alpha value is -2.12. The molecule has 2 aromatic rings. The molecule has 1 aromatic heterocycles. The largest absolute Gasteiger partial charge is 0.497 e. The molecule has 0 aliphatic carbocycles. The highest BCUT2D eigenvalue weighted by Crippen LogP contribution is 2.23. The Morgan fingerprint density at radius 3 is 3.11 bits per heavy atom. The van der Waals surface area contributed by atoms with Gasteiger partial charge in [0.05, 0.1) is 19.2 Å². The average Bonchev–Trinajstić information content (AvgIpc) is 2.86. The van der Waals surface area contributed by atoms with Gasteiger partial charge >= 0.3 is 0 Å². The number of aromatic nitrogens is 1. The van der Waals surface area contributed by atoms with E-state index in [1.807, 2.05) is 29.6 Å². The molecule has 1 amide bonds. The second-order valence-corrected chi connectivity index (χ2v) is 4.60. The van der Waals surface area contributed by atoms with Gasteiger partial charge in [0.15, 0.2) is 5.13 Å². The fraction of sp³-hybridized carbons (Fsp3) is 0.167. The van der Waals surface area contributed by atoms with Crippen molar-refractivity contribution in [2.45, 2.75) is 6.42 Å². The SMILES string of the molecule is COc1cccc(Nc2nc(CC(=O)NN)cs2)c1. The van der Waals surface area contributed by atoms with Crippen LogP contribution in [-0.4, -0.2) is 18.0 Å². The van der Waals surface area contributed by atoms with Gasteiger partial charge in [-0.15, -0.1) is 11.3 Å². The molecule has 1 heterocycles. The summed E-state index contributed by atoms with van der Waals surface area (Å²) in [6, 6.07) is 7.53. The van der Waals surface area contributed by atoms with E-state index in [9.17, 15) is 4.79 Å². The lowest BCUT2D eigenvalue weighted by atomic mass is 10.3. The third-order valence-corrected chi connectivity index (χ3v) is 3.18. The molecule has 0 fully saturated rings. The van der Waals surface area contributed by atoms with Crippen LogP contribution in [0.5, 0.6) is 5.75 Å². The molecule has 6 nitrogen and oxygen atoms in total. The first-order chi connectivity index (χ1) is 9.21. The minimum Gasteiger partial charge on any atom is -0.497 e. The molecule has 0 bridgehead atoms. The van der Waals surface area contributed by atoms with Crippen LogP contribution in [0, 0.1) is 0 Å². The first-order valence-corrected chi connectivity index (χ1v) is 6.44. The second kappa shape index (κ2) is 6.17. The van der Waals surface area contributed by atoms with E-state index in [4.69, 9.17) is 10.6 Å². The summed E-state index contributed by atoms with van der Waals surface area (Å²) >= 11 is 1.43. The predicted octanol–water partition coefficient (Wildman–Crippen LogP) is 1.43. The van der Waals surface area contributed by atoms with Gasteiger partial charge in [-0.3, -0.25) is 10.2 Å². The highest BCUT2D eigenvalue weighted by Gasteiger charge is 2.07. The summed E-state index contributed by atoms with van der Waals surface area (Å²) in [5.41, 5.74) is 3.63. The molecule has 0 unspecified atom stereocenters. The Morgan fingerprint density at radius 2 is 2.37 bits per heavy atom. The van der Waals surface area contributed by atoms with E-state index < -0.39 is 0 Å². The summed E-state index contributed by atoms with van der Waals surface area (Å²) in [5, 5.41) is 5.69. The molecule has 7 heteroatoms. The van der Waals surface area contributed by atoms with Crippen LogP contribution in [0.2, 0.25) is 0 Å². The molecule has 0 saturated heterocycles. The van der Waals surface area contributed by atoms with Gasteiger partial charge in [0.1, 0.15) is 5.75 Å². The Kier molecular flexibility index (Phi) is 4.32. The summed E-state index contributed by atoms with van der Waals surface area (Å²) in [6.45, 7) is 0. The van der Waals surface area contributed by atoms with Crippen LogP contribution < -0.4 is 21.3 Å². The normalized spacial score (nSPS) is 10.0. The number of ether oxygens (including phenoxy) is 1. The van der Waals surface area contributed by atoms with Crippen molar-refractivity contribution in [3.05, 3.63) is 35.3 Å². The standard InChI is InChI=1S/C12H14N4O2S/c1-18-10-4-2-3-8(5-10)14-12-15-9(7-19-12)6-11(17)16-13/h2-5,7H,6,13H2,1H3,(H,14,15)(H,16,17). The van der Waals surface area contributed by atoms with Gasteiger partial charge in [-0.05, 0) is 12.1 Å². The molecule has 0 saturated carbocycles. The van der Waals surface area contributed by atoms with Gasteiger partial charge in [0.25, 0.3) is 0 Å². The Bertz CT molecular complexity index is 570. The monoisotopic (exact) mass is 278 g/mol. The van der Waals surface area contributed by atoms with Gasteiger partial charge in [0.2, 0.25) is 5.91 Å². The Labute approximate surface area is 114 Å². The summed E-state index contributed by atoms with van der Waals surface area (Å²) in [7, 11) is 1.62. The maximum absolute atomic E-state index is 11.1. The number of nitrogens with one attached hydrogen (secondary N) is 2. The van der Waals surface area contributed by atoms with Crippen LogP contribution in [0.3, 0.4) is 0 Å². The van der Waals surface area contributed by atoms with E-state index in [1.165, 1.54) is 11.3 Å². The summed E-state index contributed by atoms with van der Waals surface area (Å²) in [4.78, 5) is 15.4. The zero-order valence-corrected chi connectivity index (χ0v) is 11.2. The first kappa shape index (κ1) is 13.3. The zero-order chi connectivity index (χ0) is 13.7. The lowest BCUT2D eigenvalue weighted by Crippen LogP contribution is -2.31. The Morgan fingerprint density at radius 1 is 1.53 bits per heavy atom. The molecule has 100 valence electrons. The van der Waals surface area contributed by atoms with E-state index >= 15 is 0 Å². The van der Waals surface area contributed by atoms with E-state index in [0.29, 0.717) is 10.8 Å². The number of rotatable bonds is 5. The quantitative estimate of drug-likeness (QED) is 0.437. The van der Waals surface area contributed by atoms with Crippen molar-refractivity contribution in [2.24, 2.45) is 5.84 Å². The number of nitrogens with zero attached hydrogens (tertiary/aromatic N) is 1. The smallest absolute Gasteiger partial charge is 0.239 e. The fourth-order valence-corrected chi connectivity index (χ4v) is 2.22.